The van der Waals surface area contributed by atoms with Gasteiger partial charge in [0.15, 0.2) is 0 Å². The fourth-order valence-corrected chi connectivity index (χ4v) is 5.87. The quantitative estimate of drug-likeness (QED) is 0.211. The van der Waals surface area contributed by atoms with E-state index in [1.165, 1.54) is 19.3 Å². The highest BCUT2D eigenvalue weighted by atomic mass is 16.4. The first-order valence-electron chi connectivity index (χ1n) is 15.0. The molecule has 2 N–H and O–H groups in total. The van der Waals surface area contributed by atoms with Gasteiger partial charge in [0, 0.05) is 31.2 Å². The van der Waals surface area contributed by atoms with Crippen molar-refractivity contribution in [3.05, 3.63) is 83.7 Å². The number of nitrogens with zero attached hydrogens (tertiary/aromatic N) is 3. The number of fused-ring (bicyclic) bond motifs is 1. The summed E-state index contributed by atoms with van der Waals surface area (Å²) in [5, 5.41) is 12.9. The molecule has 3 aromatic carbocycles. The normalized spacial score (nSPS) is 13.8. The van der Waals surface area contributed by atoms with Gasteiger partial charge in [-0.15, -0.1) is 0 Å². The molecule has 5 rings (SSSR count). The average Bonchev–Trinajstić information content (AvgIpc) is 3.33. The third kappa shape index (κ3) is 6.45. The number of aromatic nitrogens is 2. The highest BCUT2D eigenvalue weighted by molar-refractivity contribution is 5.96. The van der Waals surface area contributed by atoms with E-state index in [0.717, 1.165) is 65.8 Å². The number of nitrogens with one attached hydrogen (secondary N) is 1. The van der Waals surface area contributed by atoms with Crippen LogP contribution < -0.4 is 10.2 Å². The van der Waals surface area contributed by atoms with Crippen LogP contribution in [0.5, 0.6) is 0 Å². The first kappa shape index (κ1) is 28.4. The van der Waals surface area contributed by atoms with Crippen LogP contribution in [0.2, 0.25) is 0 Å². The van der Waals surface area contributed by atoms with E-state index in [-0.39, 0.29) is 12.1 Å². The van der Waals surface area contributed by atoms with Crippen LogP contribution in [-0.4, -0.2) is 39.2 Å². The number of imidazole rings is 1. The summed E-state index contributed by atoms with van der Waals surface area (Å²) >= 11 is 0. The van der Waals surface area contributed by atoms with Crippen LogP contribution in [0.15, 0.2) is 66.7 Å². The Morgan fingerprint density at radius 1 is 1.00 bits per heavy atom. The second-order valence-electron chi connectivity index (χ2n) is 11.0. The van der Waals surface area contributed by atoms with E-state index in [0.29, 0.717) is 24.2 Å². The van der Waals surface area contributed by atoms with Crippen LogP contribution in [0, 0.1) is 0 Å². The molecule has 0 spiro atoms. The lowest BCUT2D eigenvalue weighted by atomic mass is 9.96. The van der Waals surface area contributed by atoms with Crippen molar-refractivity contribution in [1.82, 2.24) is 14.9 Å². The van der Waals surface area contributed by atoms with Crippen LogP contribution in [-0.2, 0) is 13.0 Å². The van der Waals surface area contributed by atoms with Crippen LogP contribution >= 0.6 is 0 Å². The Labute approximate surface area is 242 Å². The molecule has 1 heterocycles. The van der Waals surface area contributed by atoms with Gasteiger partial charge in [0.05, 0.1) is 16.6 Å². The number of anilines is 1. The number of amides is 2. The summed E-state index contributed by atoms with van der Waals surface area (Å²) in [4.78, 5) is 31.8. The maximum Gasteiger partial charge on any atom is 0.336 e. The lowest BCUT2D eigenvalue weighted by molar-refractivity contribution is 0.0697. The molecule has 7 nitrogen and oxygen atoms in total. The van der Waals surface area contributed by atoms with E-state index in [2.05, 4.69) is 35.0 Å². The number of unbranched alkanes of at least 4 members (excludes halogenated alkanes) is 1. The van der Waals surface area contributed by atoms with Crippen molar-refractivity contribution in [3.8, 4) is 11.1 Å². The molecule has 0 atom stereocenters. The smallest absolute Gasteiger partial charge is 0.336 e. The average molecular weight is 553 g/mol. The fourth-order valence-electron chi connectivity index (χ4n) is 5.87. The fraction of sp³-hybridized carbons (Fsp3) is 0.382. The highest BCUT2D eigenvalue weighted by Crippen LogP contribution is 2.28. The molecule has 41 heavy (non-hydrogen) atoms. The van der Waals surface area contributed by atoms with Crippen molar-refractivity contribution in [2.75, 3.05) is 11.4 Å². The first-order valence-corrected chi connectivity index (χ1v) is 15.0. The molecular formula is C34H40N4O3. The predicted molar refractivity (Wildman–Crippen MR) is 165 cm³/mol. The molecule has 0 radical (unpaired) electrons. The van der Waals surface area contributed by atoms with Crippen molar-refractivity contribution in [3.63, 3.8) is 0 Å². The molecule has 1 aliphatic rings. The Morgan fingerprint density at radius 3 is 2.46 bits per heavy atom. The third-order valence-electron chi connectivity index (χ3n) is 8.13. The van der Waals surface area contributed by atoms with Gasteiger partial charge in [-0.2, -0.15) is 0 Å². The van der Waals surface area contributed by atoms with Gasteiger partial charge in [-0.1, -0.05) is 75.1 Å². The summed E-state index contributed by atoms with van der Waals surface area (Å²) in [5.74, 6) is 0.105. The van der Waals surface area contributed by atoms with Crippen molar-refractivity contribution in [2.45, 2.75) is 77.8 Å². The Balaban J connectivity index is 1.44. The lowest BCUT2D eigenvalue weighted by Crippen LogP contribution is -2.45. The minimum absolute atomic E-state index is 0.0340. The van der Waals surface area contributed by atoms with Gasteiger partial charge in [-0.05, 0) is 67.1 Å². The van der Waals surface area contributed by atoms with Gasteiger partial charge in [-0.25, -0.2) is 14.6 Å². The number of urea groups is 1. The zero-order valence-corrected chi connectivity index (χ0v) is 24.1. The largest absolute Gasteiger partial charge is 0.478 e. The number of hydrogen-bond donors (Lipinski definition) is 2. The predicted octanol–water partition coefficient (Wildman–Crippen LogP) is 7.66. The molecule has 7 heteroatoms. The zero-order chi connectivity index (χ0) is 28.8. The Kier molecular flexibility index (Phi) is 9.02. The highest BCUT2D eigenvalue weighted by Gasteiger charge is 2.21. The van der Waals surface area contributed by atoms with E-state index in [9.17, 15) is 14.7 Å². The van der Waals surface area contributed by atoms with Gasteiger partial charge < -0.3 is 15.0 Å². The van der Waals surface area contributed by atoms with E-state index < -0.39 is 5.97 Å². The minimum atomic E-state index is -0.931. The van der Waals surface area contributed by atoms with Gasteiger partial charge in [0.1, 0.15) is 5.82 Å². The van der Waals surface area contributed by atoms with Crippen molar-refractivity contribution >= 4 is 28.7 Å². The summed E-state index contributed by atoms with van der Waals surface area (Å²) in [6.07, 6.45) is 8.72. The Hall–Kier alpha value is -4.13. The number of carbonyl (C=O) groups is 2. The number of carbonyl (C=O) groups excluding carboxylic acids is 1. The second kappa shape index (κ2) is 13.0. The lowest BCUT2D eigenvalue weighted by Gasteiger charge is -2.28. The van der Waals surface area contributed by atoms with Gasteiger partial charge in [-0.3, -0.25) is 4.90 Å². The molecule has 1 saturated carbocycles. The summed E-state index contributed by atoms with van der Waals surface area (Å²) in [6, 6.07) is 21.5. The number of carboxylic acid groups (broad SMARTS) is 1. The third-order valence-corrected chi connectivity index (χ3v) is 8.13. The van der Waals surface area contributed by atoms with E-state index in [1.807, 2.05) is 48.2 Å². The summed E-state index contributed by atoms with van der Waals surface area (Å²) in [7, 11) is 0. The van der Waals surface area contributed by atoms with Crippen LogP contribution in [0.3, 0.4) is 0 Å². The van der Waals surface area contributed by atoms with Crippen molar-refractivity contribution in [1.29, 1.82) is 0 Å². The van der Waals surface area contributed by atoms with E-state index in [4.69, 9.17) is 4.98 Å². The maximum absolute atomic E-state index is 13.3. The number of hydrogen-bond acceptors (Lipinski definition) is 3. The molecule has 4 aromatic rings. The van der Waals surface area contributed by atoms with Gasteiger partial charge in [0.25, 0.3) is 0 Å². The van der Waals surface area contributed by atoms with Gasteiger partial charge in [0.2, 0.25) is 0 Å². The zero-order valence-electron chi connectivity index (χ0n) is 24.1. The molecule has 0 aliphatic heterocycles. The summed E-state index contributed by atoms with van der Waals surface area (Å²) in [5.41, 5.74) is 5.79. The maximum atomic E-state index is 13.3. The number of aryl methyl sites for hydroxylation is 1. The monoisotopic (exact) mass is 552 g/mol. The Bertz CT molecular complexity index is 1500. The van der Waals surface area contributed by atoms with Crippen LogP contribution in [0.1, 0.15) is 80.5 Å². The Morgan fingerprint density at radius 2 is 1.76 bits per heavy atom. The first-order chi connectivity index (χ1) is 20.0. The number of carboxylic acids is 1. The molecule has 1 fully saturated rings. The van der Waals surface area contributed by atoms with Crippen LogP contribution in [0.4, 0.5) is 10.5 Å². The summed E-state index contributed by atoms with van der Waals surface area (Å²) in [6.45, 7) is 5.42. The van der Waals surface area contributed by atoms with Crippen molar-refractivity contribution in [2.24, 2.45) is 0 Å². The SMILES string of the molecule is CCCCc1nc2ccc(N(CC)C(=O)NC3CCCCC3)cc2n1Cc1ccc(-c2ccccc2C(=O)O)cc1. The molecule has 1 aliphatic carbocycles. The molecule has 2 amide bonds. The molecule has 214 valence electrons. The second-order valence-corrected chi connectivity index (χ2v) is 11.0. The molecular weight excluding hydrogens is 512 g/mol. The molecule has 0 unspecified atom stereocenters. The number of aromatic carboxylic acids is 1. The van der Waals surface area contributed by atoms with E-state index >= 15 is 0 Å². The number of rotatable bonds is 10. The minimum Gasteiger partial charge on any atom is -0.478 e. The summed E-state index contributed by atoms with van der Waals surface area (Å²) < 4.78 is 2.27. The standard InChI is InChI=1S/C34H40N4O3/c1-3-5-15-32-36-30-21-20-27(37(4-2)34(41)35-26-11-7-6-8-12-26)22-31(30)38(32)23-24-16-18-25(19-17-24)28-13-9-10-14-29(28)33(39)40/h9-10,13-14,16-22,26H,3-8,11-12,15,23H2,1-2H3,(H,35,41)(H,39,40). The van der Waals surface area contributed by atoms with Crippen molar-refractivity contribution < 1.29 is 14.7 Å². The molecule has 1 aromatic heterocycles. The molecule has 0 bridgehead atoms. The molecule has 0 saturated heterocycles. The van der Waals surface area contributed by atoms with Gasteiger partial charge >= 0.3 is 12.0 Å². The number of benzene rings is 3. The van der Waals surface area contributed by atoms with Crippen LogP contribution in [0.25, 0.3) is 22.2 Å². The topological polar surface area (TPSA) is 87.5 Å². The van der Waals surface area contributed by atoms with E-state index in [1.54, 1.807) is 12.1 Å².